The largest absolute Gasteiger partial charge is 0.300 e. The van der Waals surface area contributed by atoms with Crippen LogP contribution in [-0.2, 0) is 20.6 Å². The van der Waals surface area contributed by atoms with E-state index in [1.165, 1.54) is 26.8 Å². The van der Waals surface area contributed by atoms with Crippen molar-refractivity contribution in [2.45, 2.75) is 34.8 Å². The zero-order valence-electron chi connectivity index (χ0n) is 17.6. The second-order valence-electron chi connectivity index (χ2n) is 7.63. The molecule has 32 heavy (non-hydrogen) atoms. The molecule has 3 aromatic rings. The molecule has 1 N–H and O–H groups in total. The second-order valence-corrected chi connectivity index (χ2v) is 11.8. The molecule has 7 nitrogen and oxygen atoms in total. The Hall–Kier alpha value is -2.27. The molecular weight excluding hydrogens is 464 g/mol. The molecule has 168 valence electrons. The van der Waals surface area contributed by atoms with Gasteiger partial charge < -0.3 is 5.32 Å². The molecule has 0 spiro atoms. The number of piperidine rings is 1. The van der Waals surface area contributed by atoms with Gasteiger partial charge in [0.25, 0.3) is 0 Å². The first kappa shape index (κ1) is 22.9. The number of carbonyl (C=O) groups excluding carboxylic acids is 1. The van der Waals surface area contributed by atoms with Gasteiger partial charge in [-0.1, -0.05) is 71.1 Å². The molecule has 1 amide bonds. The number of nitrogens with one attached hydrogen (secondary N) is 1. The minimum atomic E-state index is -3.52. The van der Waals surface area contributed by atoms with Crippen LogP contribution in [-0.4, -0.2) is 41.9 Å². The number of thioether (sulfide) groups is 1. The van der Waals surface area contributed by atoms with Gasteiger partial charge >= 0.3 is 0 Å². The summed E-state index contributed by atoms with van der Waals surface area (Å²) in [6, 6.07) is 16.7. The van der Waals surface area contributed by atoms with E-state index < -0.39 is 10.0 Å². The number of amides is 1. The van der Waals surface area contributed by atoms with Gasteiger partial charge in [0, 0.05) is 24.8 Å². The van der Waals surface area contributed by atoms with Crippen molar-refractivity contribution in [2.24, 2.45) is 5.92 Å². The summed E-state index contributed by atoms with van der Waals surface area (Å²) in [7, 11) is -3.52. The molecule has 0 aliphatic carbocycles. The third kappa shape index (κ3) is 5.55. The second kappa shape index (κ2) is 10.1. The summed E-state index contributed by atoms with van der Waals surface area (Å²) in [5, 5.41) is 11.6. The molecule has 0 bridgehead atoms. The fourth-order valence-corrected chi connectivity index (χ4v) is 6.66. The van der Waals surface area contributed by atoms with Crippen LogP contribution in [0.2, 0.25) is 0 Å². The van der Waals surface area contributed by atoms with Gasteiger partial charge in [0.2, 0.25) is 21.1 Å². The van der Waals surface area contributed by atoms with Crippen molar-refractivity contribution >= 4 is 44.2 Å². The van der Waals surface area contributed by atoms with E-state index in [1.807, 2.05) is 0 Å². The summed E-state index contributed by atoms with van der Waals surface area (Å²) in [5.41, 5.74) is 2.43. The highest BCUT2D eigenvalue weighted by molar-refractivity contribution is 8.00. The third-order valence-corrected chi connectivity index (χ3v) is 9.28. The Balaban J connectivity index is 1.27. The van der Waals surface area contributed by atoms with Crippen molar-refractivity contribution in [2.75, 3.05) is 18.4 Å². The maximum absolute atomic E-state index is 12.7. The summed E-state index contributed by atoms with van der Waals surface area (Å²) in [6.07, 6.45) is 0.956. The van der Waals surface area contributed by atoms with Crippen molar-refractivity contribution < 1.29 is 13.2 Å². The van der Waals surface area contributed by atoms with E-state index in [-0.39, 0.29) is 16.7 Å². The number of hydrogen-bond donors (Lipinski definition) is 1. The zero-order valence-corrected chi connectivity index (χ0v) is 20.0. The Bertz CT molecular complexity index is 1160. The van der Waals surface area contributed by atoms with Crippen LogP contribution in [0.5, 0.6) is 0 Å². The van der Waals surface area contributed by atoms with E-state index in [0.29, 0.717) is 31.1 Å². The van der Waals surface area contributed by atoms with Crippen LogP contribution >= 0.6 is 23.1 Å². The summed E-state index contributed by atoms with van der Waals surface area (Å²) in [4.78, 5) is 13.0. The van der Waals surface area contributed by atoms with Crippen molar-refractivity contribution in [1.29, 1.82) is 0 Å². The molecule has 0 atom stereocenters. The van der Waals surface area contributed by atoms with Crippen LogP contribution < -0.4 is 5.32 Å². The zero-order chi connectivity index (χ0) is 22.6. The Kier molecular flexibility index (Phi) is 7.24. The number of sulfonamides is 1. The lowest BCUT2D eigenvalue weighted by molar-refractivity contribution is -0.120. The normalized spacial score (nSPS) is 15.5. The van der Waals surface area contributed by atoms with Crippen LogP contribution in [0.15, 0.2) is 63.8 Å². The number of benzene rings is 2. The predicted molar refractivity (Wildman–Crippen MR) is 127 cm³/mol. The van der Waals surface area contributed by atoms with Gasteiger partial charge in [-0.15, -0.1) is 10.2 Å². The lowest BCUT2D eigenvalue weighted by atomic mass is 9.97. The van der Waals surface area contributed by atoms with Crippen molar-refractivity contribution in [3.05, 3.63) is 65.7 Å². The maximum atomic E-state index is 12.7. The van der Waals surface area contributed by atoms with Crippen LogP contribution in [0.4, 0.5) is 5.13 Å². The van der Waals surface area contributed by atoms with Crippen molar-refractivity contribution in [3.8, 4) is 0 Å². The van der Waals surface area contributed by atoms with E-state index in [2.05, 4.69) is 46.7 Å². The molecule has 10 heteroatoms. The number of rotatable bonds is 7. The lowest BCUT2D eigenvalue weighted by Gasteiger charge is -2.30. The van der Waals surface area contributed by atoms with E-state index in [0.717, 1.165) is 10.1 Å². The average molecular weight is 489 g/mol. The average Bonchev–Trinajstić information content (AvgIpc) is 3.26. The number of anilines is 1. The number of hydrogen-bond acceptors (Lipinski definition) is 7. The Morgan fingerprint density at radius 3 is 2.47 bits per heavy atom. The molecule has 1 fully saturated rings. The van der Waals surface area contributed by atoms with Gasteiger partial charge in [0.15, 0.2) is 4.34 Å². The summed E-state index contributed by atoms with van der Waals surface area (Å²) in [6.45, 7) is 2.70. The number of aryl methyl sites for hydroxylation is 1. The van der Waals surface area contributed by atoms with Gasteiger partial charge in [-0.3, -0.25) is 4.79 Å². The van der Waals surface area contributed by atoms with Crippen molar-refractivity contribution in [3.63, 3.8) is 0 Å². The molecule has 0 saturated carbocycles. The SMILES string of the molecule is Cc1ccc(CSc2nnc(NC(=O)C3CCN(S(=O)(=O)c4ccccc4)CC3)s2)cc1. The Labute approximate surface area is 196 Å². The molecule has 2 aromatic carbocycles. The molecule has 0 radical (unpaired) electrons. The van der Waals surface area contributed by atoms with Crippen LogP contribution in [0.25, 0.3) is 0 Å². The molecule has 1 aliphatic rings. The van der Waals surface area contributed by atoms with E-state index in [9.17, 15) is 13.2 Å². The highest BCUT2D eigenvalue weighted by atomic mass is 32.2. The summed E-state index contributed by atoms with van der Waals surface area (Å²) < 4.78 is 27.7. The van der Waals surface area contributed by atoms with Crippen LogP contribution in [0.1, 0.15) is 24.0 Å². The minimum absolute atomic E-state index is 0.131. The molecule has 2 heterocycles. The van der Waals surface area contributed by atoms with Crippen LogP contribution in [0.3, 0.4) is 0 Å². The fourth-order valence-electron chi connectivity index (χ4n) is 3.46. The monoisotopic (exact) mass is 488 g/mol. The molecule has 0 unspecified atom stereocenters. The first-order chi connectivity index (χ1) is 15.4. The van der Waals surface area contributed by atoms with E-state index in [1.54, 1.807) is 42.1 Å². The van der Waals surface area contributed by atoms with E-state index >= 15 is 0 Å². The topological polar surface area (TPSA) is 92.3 Å². The lowest BCUT2D eigenvalue weighted by Crippen LogP contribution is -2.41. The molecule has 1 saturated heterocycles. The third-order valence-electron chi connectivity index (χ3n) is 5.33. The van der Waals surface area contributed by atoms with Gasteiger partial charge in [0.1, 0.15) is 0 Å². The number of carbonyl (C=O) groups is 1. The predicted octanol–water partition coefficient (Wildman–Crippen LogP) is 4.18. The first-order valence-corrected chi connectivity index (χ1v) is 13.5. The minimum Gasteiger partial charge on any atom is -0.300 e. The molecule has 4 rings (SSSR count). The van der Waals surface area contributed by atoms with Gasteiger partial charge in [-0.2, -0.15) is 4.31 Å². The standard InChI is InChI=1S/C22H24N4O3S3/c1-16-7-9-17(10-8-16)15-30-22-25-24-21(31-22)23-20(27)18-11-13-26(14-12-18)32(28,29)19-5-3-2-4-6-19/h2-10,18H,11-15H2,1H3,(H,23,24,27). The maximum Gasteiger partial charge on any atom is 0.243 e. The molecular formula is C22H24N4O3S3. The smallest absolute Gasteiger partial charge is 0.243 e. The summed E-state index contributed by atoms with van der Waals surface area (Å²) in [5.74, 6) is 0.412. The number of aromatic nitrogens is 2. The Morgan fingerprint density at radius 2 is 1.78 bits per heavy atom. The first-order valence-electron chi connectivity index (χ1n) is 10.3. The highest BCUT2D eigenvalue weighted by Gasteiger charge is 2.32. The van der Waals surface area contributed by atoms with Crippen LogP contribution in [0, 0.1) is 12.8 Å². The highest BCUT2D eigenvalue weighted by Crippen LogP contribution is 2.30. The fraction of sp³-hybridized carbons (Fsp3) is 0.318. The molecule has 1 aliphatic heterocycles. The van der Waals surface area contributed by atoms with Gasteiger partial charge in [-0.05, 0) is 37.5 Å². The van der Waals surface area contributed by atoms with Gasteiger partial charge in [-0.25, -0.2) is 8.42 Å². The summed E-state index contributed by atoms with van der Waals surface area (Å²) >= 11 is 2.94. The number of nitrogens with zero attached hydrogens (tertiary/aromatic N) is 3. The quantitative estimate of drug-likeness (QED) is 0.396. The Morgan fingerprint density at radius 1 is 1.09 bits per heavy atom. The van der Waals surface area contributed by atoms with E-state index in [4.69, 9.17) is 0 Å². The molecule has 1 aromatic heterocycles. The van der Waals surface area contributed by atoms with Gasteiger partial charge in [0.05, 0.1) is 4.90 Å². The van der Waals surface area contributed by atoms with Crippen molar-refractivity contribution in [1.82, 2.24) is 14.5 Å².